The molecule has 0 fully saturated rings. The second kappa shape index (κ2) is 6.60. The first-order valence-corrected chi connectivity index (χ1v) is 7.68. The topological polar surface area (TPSA) is 67.1 Å². The Labute approximate surface area is 130 Å². The molecule has 0 saturated heterocycles. The molecule has 116 valence electrons. The minimum Gasteiger partial charge on any atom is -0.352 e. The summed E-state index contributed by atoms with van der Waals surface area (Å²) >= 11 is 0. The largest absolute Gasteiger partial charge is 0.352 e. The summed E-state index contributed by atoms with van der Waals surface area (Å²) in [4.78, 5) is 4.26. The van der Waals surface area contributed by atoms with E-state index in [4.69, 9.17) is 0 Å². The van der Waals surface area contributed by atoms with Crippen LogP contribution in [0, 0.1) is 6.92 Å². The van der Waals surface area contributed by atoms with Crippen molar-refractivity contribution in [1.82, 2.24) is 25.4 Å². The number of fused-ring (bicyclic) bond motifs is 1. The van der Waals surface area contributed by atoms with Gasteiger partial charge in [0.15, 0.2) is 11.8 Å². The van der Waals surface area contributed by atoms with Crippen LogP contribution in [0.25, 0.3) is 0 Å². The maximum atomic E-state index is 4.26. The zero-order valence-corrected chi connectivity index (χ0v) is 13.1. The Kier molecular flexibility index (Phi) is 4.37. The lowest BCUT2D eigenvalue weighted by atomic mass is 10.1. The van der Waals surface area contributed by atoms with E-state index in [1.165, 1.54) is 11.1 Å². The molecule has 0 bridgehead atoms. The lowest BCUT2D eigenvalue weighted by molar-refractivity contribution is 0.662. The van der Waals surface area contributed by atoms with Gasteiger partial charge >= 0.3 is 0 Å². The summed E-state index contributed by atoms with van der Waals surface area (Å²) in [5, 5.41) is 15.1. The lowest BCUT2D eigenvalue weighted by Gasteiger charge is -2.13. The molecular weight excluding hydrogens is 276 g/mol. The number of nitrogens with zero attached hydrogens (tertiary/aromatic N) is 4. The highest BCUT2D eigenvalue weighted by Gasteiger charge is 2.16. The number of aliphatic imine (C=N–C) groups is 1. The molecule has 3 rings (SSSR count). The molecule has 0 unspecified atom stereocenters. The first-order valence-electron chi connectivity index (χ1n) is 7.68. The molecule has 2 N–H and O–H groups in total. The smallest absolute Gasteiger partial charge is 0.191 e. The molecule has 0 atom stereocenters. The number of aryl methyl sites for hydroxylation is 2. The minimum absolute atomic E-state index is 0.639. The number of aromatic nitrogens is 3. The van der Waals surface area contributed by atoms with Gasteiger partial charge in [0, 0.05) is 26.6 Å². The third-order valence-corrected chi connectivity index (χ3v) is 4.03. The zero-order chi connectivity index (χ0) is 15.4. The number of nitrogens with one attached hydrogen (secondary N) is 2. The van der Waals surface area contributed by atoms with Crippen LogP contribution in [0.5, 0.6) is 0 Å². The summed E-state index contributed by atoms with van der Waals surface area (Å²) in [7, 11) is 1.78. The molecular formula is C16H22N6. The van der Waals surface area contributed by atoms with E-state index in [0.29, 0.717) is 6.54 Å². The van der Waals surface area contributed by atoms with Crippen LogP contribution in [0.4, 0.5) is 0 Å². The van der Waals surface area contributed by atoms with Gasteiger partial charge in [-0.3, -0.25) is 4.99 Å². The van der Waals surface area contributed by atoms with Crippen LogP contribution < -0.4 is 10.6 Å². The van der Waals surface area contributed by atoms with Crippen LogP contribution in [0.15, 0.2) is 29.3 Å². The van der Waals surface area contributed by atoms with Gasteiger partial charge in [0.2, 0.25) is 0 Å². The van der Waals surface area contributed by atoms with Crippen molar-refractivity contribution in [3.8, 4) is 0 Å². The standard InChI is InChI=1S/C16H22N6/c1-12-6-3-4-7-13(12)10-18-16(17-2)19-11-15-21-20-14-8-5-9-22(14)15/h3-4,6-7H,5,8-11H2,1-2H3,(H2,17,18,19). The lowest BCUT2D eigenvalue weighted by Crippen LogP contribution is -2.37. The van der Waals surface area contributed by atoms with Crippen molar-refractivity contribution in [3.05, 3.63) is 47.0 Å². The summed E-state index contributed by atoms with van der Waals surface area (Å²) in [5.41, 5.74) is 2.55. The van der Waals surface area contributed by atoms with Crippen molar-refractivity contribution in [2.24, 2.45) is 4.99 Å². The highest BCUT2D eigenvalue weighted by molar-refractivity contribution is 5.79. The average molecular weight is 298 g/mol. The quantitative estimate of drug-likeness (QED) is 0.661. The Morgan fingerprint density at radius 1 is 1.23 bits per heavy atom. The van der Waals surface area contributed by atoms with E-state index >= 15 is 0 Å². The van der Waals surface area contributed by atoms with Crippen molar-refractivity contribution in [2.45, 2.75) is 39.4 Å². The molecule has 2 aromatic rings. The minimum atomic E-state index is 0.639. The zero-order valence-electron chi connectivity index (χ0n) is 13.1. The molecule has 1 aliphatic heterocycles. The average Bonchev–Trinajstić information content (AvgIpc) is 3.13. The third-order valence-electron chi connectivity index (χ3n) is 4.03. The Hall–Kier alpha value is -2.37. The van der Waals surface area contributed by atoms with Crippen LogP contribution >= 0.6 is 0 Å². The summed E-state index contributed by atoms with van der Waals surface area (Å²) in [5.74, 6) is 2.85. The molecule has 0 aliphatic carbocycles. The van der Waals surface area contributed by atoms with Crippen LogP contribution in [-0.2, 0) is 26.1 Å². The molecule has 1 aliphatic rings. The van der Waals surface area contributed by atoms with Gasteiger partial charge < -0.3 is 15.2 Å². The number of hydrogen-bond donors (Lipinski definition) is 2. The van der Waals surface area contributed by atoms with Crippen molar-refractivity contribution in [2.75, 3.05) is 7.05 Å². The number of guanidine groups is 1. The first kappa shape index (κ1) is 14.6. The fourth-order valence-electron chi connectivity index (χ4n) is 2.71. The van der Waals surface area contributed by atoms with Gasteiger partial charge in [0.1, 0.15) is 5.82 Å². The molecule has 22 heavy (non-hydrogen) atoms. The van der Waals surface area contributed by atoms with Crippen LogP contribution in [0.1, 0.15) is 29.2 Å². The normalized spacial score (nSPS) is 14.0. The van der Waals surface area contributed by atoms with E-state index in [1.54, 1.807) is 7.05 Å². The predicted octanol–water partition coefficient (Wildman–Crippen LogP) is 1.40. The summed E-state index contributed by atoms with van der Waals surface area (Å²) in [6.07, 6.45) is 2.20. The Morgan fingerprint density at radius 2 is 2.05 bits per heavy atom. The van der Waals surface area contributed by atoms with Crippen molar-refractivity contribution >= 4 is 5.96 Å². The van der Waals surface area contributed by atoms with E-state index in [1.807, 2.05) is 0 Å². The first-order chi connectivity index (χ1) is 10.8. The Bertz CT molecular complexity index is 673. The summed E-state index contributed by atoms with van der Waals surface area (Å²) in [6.45, 7) is 4.53. The summed E-state index contributed by atoms with van der Waals surface area (Å²) in [6, 6.07) is 8.35. The van der Waals surface area contributed by atoms with Gasteiger partial charge in [0.05, 0.1) is 6.54 Å². The maximum Gasteiger partial charge on any atom is 0.191 e. The van der Waals surface area contributed by atoms with E-state index < -0.39 is 0 Å². The molecule has 1 aromatic carbocycles. The molecule has 0 saturated carbocycles. The maximum absolute atomic E-state index is 4.26. The molecule has 6 heteroatoms. The second-order valence-corrected chi connectivity index (χ2v) is 5.49. The predicted molar refractivity (Wildman–Crippen MR) is 86.6 cm³/mol. The van der Waals surface area contributed by atoms with Gasteiger partial charge in [-0.15, -0.1) is 10.2 Å². The number of rotatable bonds is 4. The fourth-order valence-corrected chi connectivity index (χ4v) is 2.71. The third kappa shape index (κ3) is 3.10. The van der Waals surface area contributed by atoms with Crippen LogP contribution in [-0.4, -0.2) is 27.8 Å². The fraction of sp³-hybridized carbons (Fsp3) is 0.438. The second-order valence-electron chi connectivity index (χ2n) is 5.49. The number of hydrogen-bond acceptors (Lipinski definition) is 3. The highest BCUT2D eigenvalue weighted by atomic mass is 15.3. The molecule has 0 spiro atoms. The van der Waals surface area contributed by atoms with Gasteiger partial charge in [0.25, 0.3) is 0 Å². The van der Waals surface area contributed by atoms with Crippen LogP contribution in [0.2, 0.25) is 0 Å². The molecule has 0 radical (unpaired) electrons. The van der Waals surface area contributed by atoms with Crippen LogP contribution in [0.3, 0.4) is 0 Å². The number of benzene rings is 1. The SMILES string of the molecule is CN=C(NCc1ccccc1C)NCc1nnc2n1CCC2. The highest BCUT2D eigenvalue weighted by Crippen LogP contribution is 2.13. The van der Waals surface area contributed by atoms with E-state index in [-0.39, 0.29) is 0 Å². The Morgan fingerprint density at radius 3 is 2.86 bits per heavy atom. The van der Waals surface area contributed by atoms with Gasteiger partial charge in [-0.2, -0.15) is 0 Å². The van der Waals surface area contributed by atoms with Crippen molar-refractivity contribution in [1.29, 1.82) is 0 Å². The molecule has 6 nitrogen and oxygen atoms in total. The van der Waals surface area contributed by atoms with Gasteiger partial charge in [-0.05, 0) is 24.5 Å². The van der Waals surface area contributed by atoms with Gasteiger partial charge in [-0.1, -0.05) is 24.3 Å². The van der Waals surface area contributed by atoms with Crippen molar-refractivity contribution < 1.29 is 0 Å². The summed E-state index contributed by atoms with van der Waals surface area (Å²) < 4.78 is 2.20. The van der Waals surface area contributed by atoms with E-state index in [0.717, 1.165) is 43.5 Å². The molecule has 2 heterocycles. The van der Waals surface area contributed by atoms with Gasteiger partial charge in [-0.25, -0.2) is 0 Å². The molecule has 1 aromatic heterocycles. The van der Waals surface area contributed by atoms with Crippen molar-refractivity contribution in [3.63, 3.8) is 0 Å². The Balaban J connectivity index is 1.55. The monoisotopic (exact) mass is 298 g/mol. The van der Waals surface area contributed by atoms with E-state index in [2.05, 4.69) is 61.6 Å². The molecule has 0 amide bonds. The van der Waals surface area contributed by atoms with E-state index in [9.17, 15) is 0 Å².